The lowest BCUT2D eigenvalue weighted by molar-refractivity contribution is 0.101. The van der Waals surface area contributed by atoms with Crippen molar-refractivity contribution in [2.45, 2.75) is 0 Å². The normalized spacial score (nSPS) is 10.3. The number of anilines is 2. The molecule has 0 saturated heterocycles. The summed E-state index contributed by atoms with van der Waals surface area (Å²) in [6.07, 6.45) is 2.51. The molecule has 0 bridgehead atoms. The van der Waals surface area contributed by atoms with Gasteiger partial charge in [0.2, 0.25) is 5.82 Å². The fourth-order valence-corrected chi connectivity index (χ4v) is 2.05. The summed E-state index contributed by atoms with van der Waals surface area (Å²) in [5, 5.41) is 4.71. The van der Waals surface area contributed by atoms with Crippen molar-refractivity contribution in [2.75, 3.05) is 10.6 Å². The minimum absolute atomic E-state index is 0.0322. The zero-order valence-electron chi connectivity index (χ0n) is 13.4. The fraction of sp³-hybridized carbons (Fsp3) is 0. The molecular formula is C17H10F3N5O2. The van der Waals surface area contributed by atoms with Gasteiger partial charge in [0.1, 0.15) is 17.5 Å². The third-order valence-corrected chi connectivity index (χ3v) is 3.27. The Kier molecular flexibility index (Phi) is 5.06. The summed E-state index contributed by atoms with van der Waals surface area (Å²) in [7, 11) is 0. The van der Waals surface area contributed by atoms with E-state index in [0.717, 1.165) is 36.8 Å². The van der Waals surface area contributed by atoms with Gasteiger partial charge in [0.05, 0.1) is 29.8 Å². The molecule has 0 aliphatic carbocycles. The average molecular weight is 373 g/mol. The second-order valence-electron chi connectivity index (χ2n) is 5.18. The molecule has 0 saturated carbocycles. The number of amides is 2. The number of carbonyl (C=O) groups is 2. The van der Waals surface area contributed by atoms with Crippen LogP contribution in [0.1, 0.15) is 21.0 Å². The third-order valence-electron chi connectivity index (χ3n) is 3.27. The van der Waals surface area contributed by atoms with E-state index < -0.39 is 29.3 Å². The number of nitrogens with zero attached hydrogens (tertiary/aromatic N) is 3. The summed E-state index contributed by atoms with van der Waals surface area (Å²) in [6.45, 7) is 0. The van der Waals surface area contributed by atoms with Crippen LogP contribution < -0.4 is 10.6 Å². The minimum Gasteiger partial charge on any atom is -0.318 e. The highest BCUT2D eigenvalue weighted by Crippen LogP contribution is 2.19. The zero-order valence-corrected chi connectivity index (χ0v) is 13.4. The Morgan fingerprint density at radius 3 is 2.07 bits per heavy atom. The molecule has 0 unspecified atom stereocenters. The molecule has 0 aliphatic rings. The van der Waals surface area contributed by atoms with Gasteiger partial charge in [-0.25, -0.2) is 28.1 Å². The van der Waals surface area contributed by atoms with E-state index in [1.54, 1.807) is 0 Å². The molecule has 7 nitrogen and oxygen atoms in total. The van der Waals surface area contributed by atoms with Crippen LogP contribution in [0.5, 0.6) is 0 Å². The second-order valence-corrected chi connectivity index (χ2v) is 5.18. The number of hydrogen-bond acceptors (Lipinski definition) is 5. The minimum atomic E-state index is -0.824. The molecule has 0 aliphatic heterocycles. The van der Waals surface area contributed by atoms with E-state index >= 15 is 0 Å². The van der Waals surface area contributed by atoms with E-state index in [4.69, 9.17) is 0 Å². The Morgan fingerprint density at radius 2 is 1.41 bits per heavy atom. The number of carbonyl (C=O) groups excluding carboxylic acids is 2. The van der Waals surface area contributed by atoms with Gasteiger partial charge in [-0.15, -0.1) is 0 Å². The predicted octanol–water partition coefficient (Wildman–Crippen LogP) is 2.79. The van der Waals surface area contributed by atoms with E-state index in [2.05, 4.69) is 25.6 Å². The number of nitrogens with one attached hydrogen (secondary N) is 2. The number of rotatable bonds is 4. The molecule has 10 heteroatoms. The monoisotopic (exact) mass is 373 g/mol. The Bertz CT molecular complexity index is 994. The molecule has 0 fully saturated rings. The lowest BCUT2D eigenvalue weighted by Crippen LogP contribution is -2.20. The van der Waals surface area contributed by atoms with Gasteiger partial charge in [0.25, 0.3) is 11.8 Å². The first kappa shape index (κ1) is 18.0. The van der Waals surface area contributed by atoms with Crippen LogP contribution >= 0.6 is 0 Å². The Hall–Kier alpha value is -3.82. The Balaban J connectivity index is 1.83. The number of pyridine rings is 1. The molecule has 3 aromatic rings. The topological polar surface area (TPSA) is 96.9 Å². The van der Waals surface area contributed by atoms with Gasteiger partial charge in [-0.2, -0.15) is 0 Å². The number of halogens is 3. The summed E-state index contributed by atoms with van der Waals surface area (Å²) >= 11 is 0. The summed E-state index contributed by atoms with van der Waals surface area (Å²) in [6, 6.07) is 5.41. The Morgan fingerprint density at radius 1 is 0.741 bits per heavy atom. The van der Waals surface area contributed by atoms with Crippen molar-refractivity contribution in [2.24, 2.45) is 0 Å². The SMILES string of the molecule is O=C(Nc1ccc(F)cc1C(=O)Nc1ccc(F)cn1)c1ncc(F)cn1. The molecule has 0 radical (unpaired) electrons. The summed E-state index contributed by atoms with van der Waals surface area (Å²) in [5.74, 6) is -3.95. The van der Waals surface area contributed by atoms with Gasteiger partial charge in [-0.3, -0.25) is 9.59 Å². The average Bonchev–Trinajstić information content (AvgIpc) is 2.65. The van der Waals surface area contributed by atoms with E-state index in [0.29, 0.717) is 0 Å². The van der Waals surface area contributed by atoms with Crippen LogP contribution in [0.25, 0.3) is 0 Å². The van der Waals surface area contributed by atoms with Gasteiger partial charge >= 0.3 is 0 Å². The molecule has 2 N–H and O–H groups in total. The van der Waals surface area contributed by atoms with Gasteiger partial charge in [0.15, 0.2) is 5.82 Å². The van der Waals surface area contributed by atoms with Crippen molar-refractivity contribution >= 4 is 23.3 Å². The van der Waals surface area contributed by atoms with Crippen LogP contribution in [0, 0.1) is 17.5 Å². The van der Waals surface area contributed by atoms with E-state index in [1.165, 1.54) is 12.1 Å². The predicted molar refractivity (Wildman–Crippen MR) is 88.5 cm³/mol. The lowest BCUT2D eigenvalue weighted by Gasteiger charge is -2.11. The molecule has 136 valence electrons. The highest BCUT2D eigenvalue weighted by Gasteiger charge is 2.17. The molecule has 27 heavy (non-hydrogen) atoms. The van der Waals surface area contributed by atoms with E-state index in [-0.39, 0.29) is 22.9 Å². The van der Waals surface area contributed by atoms with Crippen molar-refractivity contribution in [1.29, 1.82) is 0 Å². The quantitative estimate of drug-likeness (QED) is 0.733. The zero-order chi connectivity index (χ0) is 19.4. The Labute approximate surface area is 150 Å². The van der Waals surface area contributed by atoms with Crippen LogP contribution in [0.15, 0.2) is 48.9 Å². The van der Waals surface area contributed by atoms with Crippen molar-refractivity contribution in [1.82, 2.24) is 15.0 Å². The third kappa shape index (κ3) is 4.42. The van der Waals surface area contributed by atoms with Crippen LogP contribution in [0.2, 0.25) is 0 Å². The molecule has 2 amide bonds. The van der Waals surface area contributed by atoms with Crippen molar-refractivity contribution in [3.8, 4) is 0 Å². The second kappa shape index (κ2) is 7.60. The molecule has 2 aromatic heterocycles. The molecule has 1 aromatic carbocycles. The van der Waals surface area contributed by atoms with Gasteiger partial charge in [-0.1, -0.05) is 0 Å². The van der Waals surface area contributed by atoms with Crippen LogP contribution in [-0.2, 0) is 0 Å². The molecule has 2 heterocycles. The first-order chi connectivity index (χ1) is 12.9. The standard InChI is InChI=1S/C17H10F3N5O2/c18-9-1-3-13(24-17(27)15-22-7-11(20)8-23-15)12(5-9)16(26)25-14-4-2-10(19)6-21-14/h1-8H,(H,24,27)(H,21,25,26). The maximum absolute atomic E-state index is 13.6. The highest BCUT2D eigenvalue weighted by atomic mass is 19.1. The number of benzene rings is 1. The van der Waals surface area contributed by atoms with Crippen molar-refractivity contribution in [3.05, 3.63) is 77.8 Å². The molecule has 0 spiro atoms. The van der Waals surface area contributed by atoms with E-state index in [9.17, 15) is 22.8 Å². The fourth-order valence-electron chi connectivity index (χ4n) is 2.05. The van der Waals surface area contributed by atoms with E-state index in [1.807, 2.05) is 0 Å². The molecule has 3 rings (SSSR count). The smallest absolute Gasteiger partial charge is 0.293 e. The highest BCUT2D eigenvalue weighted by molar-refractivity contribution is 6.11. The lowest BCUT2D eigenvalue weighted by atomic mass is 10.1. The summed E-state index contributed by atoms with van der Waals surface area (Å²) < 4.78 is 39.3. The maximum Gasteiger partial charge on any atom is 0.293 e. The first-order valence-electron chi connectivity index (χ1n) is 7.44. The maximum atomic E-state index is 13.6. The largest absolute Gasteiger partial charge is 0.318 e. The summed E-state index contributed by atoms with van der Waals surface area (Å²) in [5.41, 5.74) is -0.245. The van der Waals surface area contributed by atoms with Crippen LogP contribution in [-0.4, -0.2) is 26.8 Å². The van der Waals surface area contributed by atoms with Crippen LogP contribution in [0.3, 0.4) is 0 Å². The first-order valence-corrected chi connectivity index (χ1v) is 7.44. The van der Waals surface area contributed by atoms with Gasteiger partial charge < -0.3 is 10.6 Å². The van der Waals surface area contributed by atoms with Crippen molar-refractivity contribution in [3.63, 3.8) is 0 Å². The summed E-state index contributed by atoms with van der Waals surface area (Å²) in [4.78, 5) is 35.3. The van der Waals surface area contributed by atoms with Crippen molar-refractivity contribution < 1.29 is 22.8 Å². The number of hydrogen-bond donors (Lipinski definition) is 2. The molecule has 0 atom stereocenters. The number of aromatic nitrogens is 3. The van der Waals surface area contributed by atoms with Crippen LogP contribution in [0.4, 0.5) is 24.7 Å². The van der Waals surface area contributed by atoms with Gasteiger partial charge in [-0.05, 0) is 30.3 Å². The van der Waals surface area contributed by atoms with Gasteiger partial charge in [0, 0.05) is 0 Å². The molecular weight excluding hydrogens is 363 g/mol.